The molecule has 1 atom stereocenters. The lowest BCUT2D eigenvalue weighted by molar-refractivity contribution is 0.185. The fourth-order valence-corrected chi connectivity index (χ4v) is 4.75. The molecule has 2 aromatic carbocycles. The van der Waals surface area contributed by atoms with Crippen molar-refractivity contribution < 1.29 is 9.47 Å². The lowest BCUT2D eigenvalue weighted by atomic mass is 9.86. The molecule has 1 heterocycles. The normalized spacial score (nSPS) is 19.7. The van der Waals surface area contributed by atoms with Crippen molar-refractivity contribution in [2.24, 2.45) is 0 Å². The second kappa shape index (κ2) is 9.61. The third-order valence-electron chi connectivity index (χ3n) is 6.74. The number of aryl methyl sites for hydroxylation is 1. The highest BCUT2D eigenvalue weighted by atomic mass is 16.5. The number of hydrogen-bond donors (Lipinski definition) is 1. The zero-order chi connectivity index (χ0) is 21.8. The Morgan fingerprint density at radius 3 is 2.61 bits per heavy atom. The highest BCUT2D eigenvalue weighted by Crippen LogP contribution is 2.30. The van der Waals surface area contributed by atoms with Crippen LogP contribution in [-0.4, -0.2) is 38.3 Å². The van der Waals surface area contributed by atoms with Crippen LogP contribution in [0.25, 0.3) is 5.70 Å². The van der Waals surface area contributed by atoms with Gasteiger partial charge in [-0.2, -0.15) is 0 Å². The van der Waals surface area contributed by atoms with Gasteiger partial charge in [-0.05, 0) is 74.9 Å². The Bertz CT molecular complexity index is 992. The second-order valence-electron chi connectivity index (χ2n) is 8.57. The van der Waals surface area contributed by atoms with Crippen LogP contribution in [0.5, 0.6) is 11.5 Å². The van der Waals surface area contributed by atoms with Gasteiger partial charge in [0.25, 0.3) is 0 Å². The minimum Gasteiger partial charge on any atom is -0.497 e. The summed E-state index contributed by atoms with van der Waals surface area (Å²) in [7, 11) is 3.46. The molecule has 31 heavy (non-hydrogen) atoms. The average molecular weight is 419 g/mol. The van der Waals surface area contributed by atoms with Crippen molar-refractivity contribution in [2.75, 3.05) is 27.3 Å². The van der Waals surface area contributed by atoms with Crippen LogP contribution >= 0.6 is 0 Å². The Kier molecular flexibility index (Phi) is 6.67. The van der Waals surface area contributed by atoms with Gasteiger partial charge < -0.3 is 14.8 Å². The maximum Gasteiger partial charge on any atom is 0.119 e. The van der Waals surface area contributed by atoms with Gasteiger partial charge in [-0.25, -0.2) is 0 Å². The van der Waals surface area contributed by atoms with Crippen molar-refractivity contribution in [3.05, 3.63) is 76.5 Å². The van der Waals surface area contributed by atoms with E-state index in [1.165, 1.54) is 28.8 Å². The molecule has 2 aromatic rings. The van der Waals surface area contributed by atoms with Gasteiger partial charge in [0.2, 0.25) is 0 Å². The Balaban J connectivity index is 1.48. The van der Waals surface area contributed by atoms with Crippen LogP contribution in [0.2, 0.25) is 0 Å². The molecular weight excluding hydrogens is 384 g/mol. The van der Waals surface area contributed by atoms with Crippen molar-refractivity contribution >= 4 is 5.70 Å². The summed E-state index contributed by atoms with van der Waals surface area (Å²) >= 11 is 0. The monoisotopic (exact) mass is 418 g/mol. The van der Waals surface area contributed by atoms with Crippen LogP contribution in [0.3, 0.4) is 0 Å². The molecule has 0 fully saturated rings. The molecule has 164 valence electrons. The van der Waals surface area contributed by atoms with Gasteiger partial charge in [0.15, 0.2) is 0 Å². The fourth-order valence-electron chi connectivity index (χ4n) is 4.75. The minimum absolute atomic E-state index is 0.579. The third kappa shape index (κ3) is 4.80. The Morgan fingerprint density at radius 1 is 1.03 bits per heavy atom. The van der Waals surface area contributed by atoms with Crippen LogP contribution in [0.1, 0.15) is 43.4 Å². The summed E-state index contributed by atoms with van der Waals surface area (Å²) in [5, 5.41) is 3.75. The van der Waals surface area contributed by atoms with E-state index in [2.05, 4.69) is 60.5 Å². The van der Waals surface area contributed by atoms with Gasteiger partial charge in [0.1, 0.15) is 11.5 Å². The second-order valence-corrected chi connectivity index (χ2v) is 8.57. The lowest BCUT2D eigenvalue weighted by Gasteiger charge is -2.39. The van der Waals surface area contributed by atoms with Crippen molar-refractivity contribution in [3.63, 3.8) is 0 Å². The molecule has 0 aromatic heterocycles. The van der Waals surface area contributed by atoms with E-state index in [0.29, 0.717) is 6.04 Å². The largest absolute Gasteiger partial charge is 0.497 e. The van der Waals surface area contributed by atoms with Crippen molar-refractivity contribution in [3.8, 4) is 11.5 Å². The molecule has 0 saturated carbocycles. The van der Waals surface area contributed by atoms with Gasteiger partial charge in [-0.1, -0.05) is 29.8 Å². The smallest absolute Gasteiger partial charge is 0.119 e. The molecule has 0 radical (unpaired) electrons. The minimum atomic E-state index is 0.579. The number of fused-ring (bicyclic) bond motifs is 1. The number of methoxy groups -OCH3 is 2. The number of rotatable bonds is 6. The summed E-state index contributed by atoms with van der Waals surface area (Å²) < 4.78 is 10.9. The SMILES string of the molecule is C/C=C(\NC1=C(C)CCN(C2CCc3ccc(OC)cc3C2)C1)c1cccc(OC)c1. The standard InChI is InChI=1S/C27H34N2O2/c1-5-26(21-7-6-8-24(16-21)30-3)28-27-18-29(14-13-19(27)2)23-11-9-20-10-12-25(31-4)17-22(20)15-23/h5-8,10,12,16-17,23,28H,9,11,13-15,18H2,1-4H3/b26-5-. The average Bonchev–Trinajstić information content (AvgIpc) is 2.82. The van der Waals surface area contributed by atoms with Gasteiger partial charge in [0.05, 0.1) is 14.2 Å². The highest BCUT2D eigenvalue weighted by molar-refractivity contribution is 5.66. The number of nitrogens with zero attached hydrogens (tertiary/aromatic N) is 1. The van der Waals surface area contributed by atoms with Crippen LogP contribution in [0.4, 0.5) is 0 Å². The molecular formula is C27H34N2O2. The lowest BCUT2D eigenvalue weighted by Crippen LogP contribution is -2.45. The summed E-state index contributed by atoms with van der Waals surface area (Å²) in [6.45, 7) is 6.45. The van der Waals surface area contributed by atoms with Gasteiger partial charge in [-0.3, -0.25) is 4.90 Å². The van der Waals surface area contributed by atoms with Crippen molar-refractivity contribution in [2.45, 2.75) is 45.6 Å². The van der Waals surface area contributed by atoms with E-state index < -0.39 is 0 Å². The molecule has 0 bridgehead atoms. The zero-order valence-electron chi connectivity index (χ0n) is 19.2. The Hall–Kier alpha value is -2.72. The maximum atomic E-state index is 5.46. The molecule has 1 aliphatic heterocycles. The van der Waals surface area contributed by atoms with E-state index in [1.54, 1.807) is 14.2 Å². The third-order valence-corrected chi connectivity index (χ3v) is 6.74. The Labute approximate surface area is 186 Å². The number of ether oxygens (including phenoxy) is 2. The first-order chi connectivity index (χ1) is 15.1. The summed E-state index contributed by atoms with van der Waals surface area (Å²) in [5.41, 5.74) is 8.00. The number of nitrogens with one attached hydrogen (secondary N) is 1. The predicted octanol–water partition coefficient (Wildman–Crippen LogP) is 5.19. The summed E-state index contributed by atoms with van der Waals surface area (Å²) in [6.07, 6.45) is 6.73. The predicted molar refractivity (Wildman–Crippen MR) is 127 cm³/mol. The van der Waals surface area contributed by atoms with Gasteiger partial charge >= 0.3 is 0 Å². The van der Waals surface area contributed by atoms with E-state index in [9.17, 15) is 0 Å². The van der Waals surface area contributed by atoms with Gasteiger partial charge in [-0.15, -0.1) is 0 Å². The summed E-state index contributed by atoms with van der Waals surface area (Å²) in [6, 6.07) is 15.4. The van der Waals surface area contributed by atoms with Crippen LogP contribution in [0.15, 0.2) is 59.8 Å². The molecule has 4 heteroatoms. The van der Waals surface area contributed by atoms with E-state index in [0.717, 1.165) is 55.1 Å². The van der Waals surface area contributed by atoms with E-state index in [-0.39, 0.29) is 0 Å². The molecule has 1 unspecified atom stereocenters. The first-order valence-electron chi connectivity index (χ1n) is 11.3. The van der Waals surface area contributed by atoms with E-state index >= 15 is 0 Å². The number of allylic oxidation sites excluding steroid dienone is 1. The molecule has 0 saturated heterocycles. The molecule has 2 aliphatic rings. The van der Waals surface area contributed by atoms with E-state index in [4.69, 9.17) is 9.47 Å². The van der Waals surface area contributed by atoms with Crippen LogP contribution in [0, 0.1) is 0 Å². The first kappa shape index (κ1) is 21.5. The Morgan fingerprint density at radius 2 is 1.84 bits per heavy atom. The number of hydrogen-bond acceptors (Lipinski definition) is 4. The molecule has 0 spiro atoms. The van der Waals surface area contributed by atoms with E-state index in [1.807, 2.05) is 12.1 Å². The number of benzene rings is 2. The molecule has 1 N–H and O–H groups in total. The molecule has 0 amide bonds. The van der Waals surface area contributed by atoms with Crippen molar-refractivity contribution in [1.82, 2.24) is 10.2 Å². The highest BCUT2D eigenvalue weighted by Gasteiger charge is 2.28. The summed E-state index contributed by atoms with van der Waals surface area (Å²) in [4.78, 5) is 2.66. The van der Waals surface area contributed by atoms with Crippen molar-refractivity contribution in [1.29, 1.82) is 0 Å². The quantitative estimate of drug-likeness (QED) is 0.700. The maximum absolute atomic E-state index is 5.46. The zero-order valence-corrected chi connectivity index (χ0v) is 19.2. The van der Waals surface area contributed by atoms with Crippen LogP contribution in [-0.2, 0) is 12.8 Å². The molecule has 1 aliphatic carbocycles. The topological polar surface area (TPSA) is 33.7 Å². The molecule has 4 rings (SSSR count). The fraction of sp³-hybridized carbons (Fsp3) is 0.407. The first-order valence-corrected chi connectivity index (χ1v) is 11.3. The summed E-state index contributed by atoms with van der Waals surface area (Å²) in [5.74, 6) is 1.85. The molecule has 4 nitrogen and oxygen atoms in total. The van der Waals surface area contributed by atoms with Crippen LogP contribution < -0.4 is 14.8 Å². The van der Waals surface area contributed by atoms with Gasteiger partial charge in [0, 0.05) is 36.1 Å².